The molecular formula is C11H17ClN4O. The molecule has 1 aliphatic rings. The van der Waals surface area contributed by atoms with Crippen LogP contribution in [0.2, 0.25) is 5.28 Å². The number of aromatic nitrogens is 3. The van der Waals surface area contributed by atoms with Crippen LogP contribution in [0.25, 0.3) is 0 Å². The van der Waals surface area contributed by atoms with Gasteiger partial charge in [-0.05, 0) is 29.9 Å². The van der Waals surface area contributed by atoms with Crippen molar-refractivity contribution in [3.63, 3.8) is 0 Å². The van der Waals surface area contributed by atoms with Gasteiger partial charge < -0.3 is 9.64 Å². The van der Waals surface area contributed by atoms with Crippen molar-refractivity contribution in [2.75, 3.05) is 25.1 Å². The lowest BCUT2D eigenvalue weighted by molar-refractivity contribution is 0.319. The average molecular weight is 257 g/mol. The normalized spacial score (nSPS) is 24.8. The number of piperidine rings is 1. The number of halogens is 1. The highest BCUT2D eigenvalue weighted by Gasteiger charge is 2.25. The van der Waals surface area contributed by atoms with E-state index in [1.54, 1.807) is 0 Å². The van der Waals surface area contributed by atoms with Crippen molar-refractivity contribution in [3.05, 3.63) is 5.28 Å². The standard InChI is InChI=1S/C11H17ClN4O/c1-7-4-5-16(6-8(7)2)10-13-9(12)14-11(15-10)17-3/h7-8H,4-6H2,1-3H3. The fourth-order valence-electron chi connectivity index (χ4n) is 2.00. The first kappa shape index (κ1) is 12.4. The topological polar surface area (TPSA) is 51.1 Å². The molecule has 17 heavy (non-hydrogen) atoms. The van der Waals surface area contributed by atoms with Crippen molar-refractivity contribution in [2.24, 2.45) is 11.8 Å². The summed E-state index contributed by atoms with van der Waals surface area (Å²) in [5.74, 6) is 1.98. The van der Waals surface area contributed by atoms with Crippen LogP contribution < -0.4 is 9.64 Å². The fraction of sp³-hybridized carbons (Fsp3) is 0.727. The van der Waals surface area contributed by atoms with Gasteiger partial charge in [-0.2, -0.15) is 15.0 Å². The van der Waals surface area contributed by atoms with Gasteiger partial charge in [0, 0.05) is 13.1 Å². The zero-order valence-corrected chi connectivity index (χ0v) is 11.1. The minimum Gasteiger partial charge on any atom is -0.467 e. The van der Waals surface area contributed by atoms with E-state index >= 15 is 0 Å². The van der Waals surface area contributed by atoms with E-state index in [9.17, 15) is 0 Å². The van der Waals surface area contributed by atoms with Gasteiger partial charge >= 0.3 is 6.01 Å². The summed E-state index contributed by atoms with van der Waals surface area (Å²) in [6, 6.07) is 0.270. The molecule has 2 heterocycles. The Balaban J connectivity index is 2.19. The second-order valence-corrected chi connectivity index (χ2v) is 4.92. The maximum absolute atomic E-state index is 5.84. The predicted molar refractivity (Wildman–Crippen MR) is 66.5 cm³/mol. The van der Waals surface area contributed by atoms with E-state index in [2.05, 4.69) is 33.7 Å². The molecule has 0 bridgehead atoms. The molecule has 1 fully saturated rings. The van der Waals surface area contributed by atoms with Crippen molar-refractivity contribution >= 4 is 17.5 Å². The van der Waals surface area contributed by atoms with Gasteiger partial charge in [0.1, 0.15) is 0 Å². The van der Waals surface area contributed by atoms with E-state index in [4.69, 9.17) is 16.3 Å². The number of nitrogens with zero attached hydrogens (tertiary/aromatic N) is 4. The Kier molecular flexibility index (Phi) is 3.66. The summed E-state index contributed by atoms with van der Waals surface area (Å²) in [7, 11) is 1.52. The molecule has 0 spiro atoms. The van der Waals surface area contributed by atoms with Crippen LogP contribution in [0.15, 0.2) is 0 Å². The first-order valence-corrected chi connectivity index (χ1v) is 6.18. The van der Waals surface area contributed by atoms with Crippen LogP contribution in [0.1, 0.15) is 20.3 Å². The molecular weight excluding hydrogens is 240 g/mol. The quantitative estimate of drug-likeness (QED) is 0.810. The molecule has 5 nitrogen and oxygen atoms in total. The van der Waals surface area contributed by atoms with Crippen LogP contribution in [-0.2, 0) is 0 Å². The molecule has 1 saturated heterocycles. The summed E-state index contributed by atoms with van der Waals surface area (Å²) in [6.07, 6.45) is 1.15. The maximum atomic E-state index is 5.84. The minimum atomic E-state index is 0.179. The highest BCUT2D eigenvalue weighted by Crippen LogP contribution is 2.26. The molecule has 6 heteroatoms. The zero-order valence-electron chi connectivity index (χ0n) is 10.4. The van der Waals surface area contributed by atoms with Crippen molar-refractivity contribution < 1.29 is 4.74 Å². The van der Waals surface area contributed by atoms with E-state index in [0.717, 1.165) is 25.4 Å². The summed E-state index contributed by atoms with van der Waals surface area (Å²) in [4.78, 5) is 14.4. The Labute approximate surface area is 106 Å². The van der Waals surface area contributed by atoms with Crippen LogP contribution in [0, 0.1) is 11.8 Å². The van der Waals surface area contributed by atoms with Gasteiger partial charge in [0.05, 0.1) is 7.11 Å². The van der Waals surface area contributed by atoms with Crippen LogP contribution in [0.4, 0.5) is 5.95 Å². The highest BCUT2D eigenvalue weighted by molar-refractivity contribution is 6.28. The van der Waals surface area contributed by atoms with Crippen LogP contribution in [0.5, 0.6) is 6.01 Å². The van der Waals surface area contributed by atoms with Crippen molar-refractivity contribution in [3.8, 4) is 6.01 Å². The van der Waals surface area contributed by atoms with Crippen LogP contribution in [0.3, 0.4) is 0 Å². The number of hydrogen-bond donors (Lipinski definition) is 0. The van der Waals surface area contributed by atoms with Crippen molar-refractivity contribution in [1.29, 1.82) is 0 Å². The van der Waals surface area contributed by atoms with Crippen LogP contribution in [-0.4, -0.2) is 35.2 Å². The third kappa shape index (κ3) is 2.77. The maximum Gasteiger partial charge on any atom is 0.322 e. The smallest absolute Gasteiger partial charge is 0.322 e. The van der Waals surface area contributed by atoms with E-state index < -0.39 is 0 Å². The lowest BCUT2D eigenvalue weighted by atomic mass is 9.89. The SMILES string of the molecule is COc1nc(Cl)nc(N2CCC(C)C(C)C2)n1. The highest BCUT2D eigenvalue weighted by atomic mass is 35.5. The van der Waals surface area contributed by atoms with Gasteiger partial charge in [0.15, 0.2) is 0 Å². The summed E-state index contributed by atoms with van der Waals surface area (Å²) in [5, 5.41) is 0.179. The summed E-state index contributed by atoms with van der Waals surface area (Å²) in [5.41, 5.74) is 0. The minimum absolute atomic E-state index is 0.179. The molecule has 94 valence electrons. The Morgan fingerprint density at radius 2 is 2.00 bits per heavy atom. The number of ether oxygens (including phenoxy) is 1. The van der Waals surface area contributed by atoms with Gasteiger partial charge in [0.25, 0.3) is 0 Å². The lowest BCUT2D eigenvalue weighted by Gasteiger charge is -2.35. The zero-order chi connectivity index (χ0) is 12.4. The van der Waals surface area contributed by atoms with Crippen molar-refractivity contribution in [1.82, 2.24) is 15.0 Å². The van der Waals surface area contributed by atoms with E-state index in [0.29, 0.717) is 11.9 Å². The predicted octanol–water partition coefficient (Wildman–Crippen LogP) is 2.02. The van der Waals surface area contributed by atoms with E-state index in [-0.39, 0.29) is 11.3 Å². The molecule has 0 saturated carbocycles. The molecule has 0 N–H and O–H groups in total. The monoisotopic (exact) mass is 256 g/mol. The molecule has 0 aromatic carbocycles. The Bertz CT molecular complexity index is 401. The summed E-state index contributed by atoms with van der Waals surface area (Å²) in [6.45, 7) is 6.43. The Morgan fingerprint density at radius 1 is 1.24 bits per heavy atom. The lowest BCUT2D eigenvalue weighted by Crippen LogP contribution is -2.39. The van der Waals surface area contributed by atoms with Gasteiger partial charge in [-0.25, -0.2) is 0 Å². The number of anilines is 1. The second kappa shape index (κ2) is 5.04. The van der Waals surface area contributed by atoms with Crippen LogP contribution >= 0.6 is 11.6 Å². The fourth-order valence-corrected chi connectivity index (χ4v) is 2.15. The molecule has 0 amide bonds. The van der Waals surface area contributed by atoms with Gasteiger partial charge in [-0.15, -0.1) is 0 Å². The number of hydrogen-bond acceptors (Lipinski definition) is 5. The third-order valence-electron chi connectivity index (χ3n) is 3.38. The number of rotatable bonds is 2. The van der Waals surface area contributed by atoms with Gasteiger partial charge in [-0.1, -0.05) is 13.8 Å². The molecule has 2 rings (SSSR count). The molecule has 2 atom stereocenters. The molecule has 0 radical (unpaired) electrons. The summed E-state index contributed by atoms with van der Waals surface area (Å²) >= 11 is 5.84. The largest absolute Gasteiger partial charge is 0.467 e. The average Bonchev–Trinajstić information content (AvgIpc) is 2.32. The Morgan fingerprint density at radius 3 is 2.65 bits per heavy atom. The number of methoxy groups -OCH3 is 1. The molecule has 0 aliphatic carbocycles. The summed E-state index contributed by atoms with van der Waals surface area (Å²) < 4.78 is 5.00. The Hall–Kier alpha value is -1.10. The first-order valence-electron chi connectivity index (χ1n) is 5.80. The second-order valence-electron chi connectivity index (χ2n) is 4.58. The first-order chi connectivity index (χ1) is 8.10. The molecule has 1 aromatic rings. The van der Waals surface area contributed by atoms with Gasteiger partial charge in [-0.3, -0.25) is 0 Å². The third-order valence-corrected chi connectivity index (χ3v) is 3.54. The van der Waals surface area contributed by atoms with E-state index in [1.807, 2.05) is 0 Å². The molecule has 1 aliphatic heterocycles. The van der Waals surface area contributed by atoms with Gasteiger partial charge in [0.2, 0.25) is 11.2 Å². The van der Waals surface area contributed by atoms with Crippen molar-refractivity contribution in [2.45, 2.75) is 20.3 Å². The van der Waals surface area contributed by atoms with E-state index in [1.165, 1.54) is 7.11 Å². The molecule has 2 unspecified atom stereocenters. The molecule has 1 aromatic heterocycles.